The molecule has 94 valence electrons. The minimum absolute atomic E-state index is 0.0170. The van der Waals surface area contributed by atoms with E-state index in [4.69, 9.17) is 9.84 Å². The Morgan fingerprint density at radius 1 is 1.28 bits per heavy atom. The van der Waals surface area contributed by atoms with Gasteiger partial charge in [-0.25, -0.2) is 0 Å². The van der Waals surface area contributed by atoms with Crippen LogP contribution in [0.2, 0.25) is 0 Å². The lowest BCUT2D eigenvalue weighted by molar-refractivity contribution is -0.136. The van der Waals surface area contributed by atoms with Crippen molar-refractivity contribution >= 4 is 17.7 Å². The number of ether oxygens (including phenoxy) is 1. The normalized spacial score (nSPS) is 10.3. The Hall–Kier alpha value is -1.88. The molecule has 0 aliphatic carbocycles. The molecule has 4 nitrogen and oxygen atoms in total. The monoisotopic (exact) mass is 263 g/mol. The van der Waals surface area contributed by atoms with Crippen LogP contribution in [0.15, 0.2) is 46.3 Å². The van der Waals surface area contributed by atoms with Crippen LogP contribution in [0.1, 0.15) is 5.69 Å². The van der Waals surface area contributed by atoms with E-state index in [9.17, 15) is 4.79 Å². The highest BCUT2D eigenvalue weighted by Crippen LogP contribution is 2.28. The molecule has 0 radical (unpaired) electrons. The molecule has 1 heterocycles. The number of carbonyl (C=O) groups is 1. The minimum atomic E-state index is -0.835. The Balaban J connectivity index is 2.03. The van der Waals surface area contributed by atoms with Crippen molar-refractivity contribution in [3.05, 3.63) is 42.1 Å². The van der Waals surface area contributed by atoms with Crippen LogP contribution in [0.25, 0.3) is 0 Å². The topological polar surface area (TPSA) is 62.3 Å². The molecule has 0 aliphatic heterocycles. The molecular formula is C13H13NO3S. The van der Waals surface area contributed by atoms with Crippen LogP contribution < -0.4 is 4.74 Å². The number of carboxylic acids is 1. The third-order valence-electron chi connectivity index (χ3n) is 2.35. The molecule has 0 amide bonds. The quantitative estimate of drug-likeness (QED) is 0.870. The zero-order valence-corrected chi connectivity index (χ0v) is 10.7. The number of hydrogen-bond acceptors (Lipinski definition) is 3. The van der Waals surface area contributed by atoms with E-state index in [1.807, 2.05) is 30.3 Å². The molecule has 1 aromatic carbocycles. The van der Waals surface area contributed by atoms with Crippen LogP contribution in [-0.4, -0.2) is 23.2 Å². The molecule has 0 atom stereocenters. The van der Waals surface area contributed by atoms with Crippen molar-refractivity contribution in [2.45, 2.75) is 16.3 Å². The van der Waals surface area contributed by atoms with Crippen LogP contribution in [-0.2, 0) is 11.2 Å². The second-order valence-electron chi connectivity index (χ2n) is 3.70. The van der Waals surface area contributed by atoms with Crippen molar-refractivity contribution in [1.29, 1.82) is 0 Å². The number of aromatic amines is 1. The lowest BCUT2D eigenvalue weighted by Crippen LogP contribution is -1.99. The smallest absolute Gasteiger partial charge is 0.309 e. The van der Waals surface area contributed by atoms with Crippen molar-refractivity contribution in [2.75, 3.05) is 7.11 Å². The fourth-order valence-corrected chi connectivity index (χ4v) is 2.36. The van der Waals surface area contributed by atoms with Crippen LogP contribution in [0.5, 0.6) is 5.75 Å². The maximum atomic E-state index is 10.6. The fourth-order valence-electron chi connectivity index (χ4n) is 1.51. The first-order valence-electron chi connectivity index (χ1n) is 5.39. The molecule has 1 aromatic heterocycles. The second kappa shape index (κ2) is 5.64. The van der Waals surface area contributed by atoms with Gasteiger partial charge in [0.25, 0.3) is 0 Å². The number of aliphatic carboxylic acids is 1. The molecule has 0 aliphatic rings. The Kier molecular flexibility index (Phi) is 3.94. The predicted octanol–water partition coefficient (Wildman–Crippen LogP) is 2.80. The number of nitrogens with one attached hydrogen (secondary N) is 1. The number of hydrogen-bond donors (Lipinski definition) is 2. The third-order valence-corrected chi connectivity index (χ3v) is 3.31. The van der Waals surface area contributed by atoms with Crippen molar-refractivity contribution in [3.8, 4) is 5.75 Å². The molecule has 2 aromatic rings. The number of rotatable bonds is 5. The van der Waals surface area contributed by atoms with Crippen molar-refractivity contribution in [1.82, 2.24) is 4.98 Å². The van der Waals surface area contributed by atoms with Crippen LogP contribution in [0, 0.1) is 0 Å². The van der Waals surface area contributed by atoms with E-state index in [0.29, 0.717) is 5.69 Å². The first-order valence-corrected chi connectivity index (χ1v) is 6.20. The Bertz CT molecular complexity index is 533. The maximum Gasteiger partial charge on any atom is 0.309 e. The summed E-state index contributed by atoms with van der Waals surface area (Å²) in [5.41, 5.74) is 0.707. The van der Waals surface area contributed by atoms with E-state index in [1.165, 1.54) is 0 Å². The van der Waals surface area contributed by atoms with Gasteiger partial charge in [-0.05, 0) is 36.4 Å². The van der Waals surface area contributed by atoms with Crippen LogP contribution in [0.4, 0.5) is 0 Å². The maximum absolute atomic E-state index is 10.6. The first kappa shape index (κ1) is 12.6. The summed E-state index contributed by atoms with van der Waals surface area (Å²) in [5, 5.41) is 9.61. The van der Waals surface area contributed by atoms with E-state index in [-0.39, 0.29) is 6.42 Å². The van der Waals surface area contributed by atoms with Crippen molar-refractivity contribution in [2.24, 2.45) is 0 Å². The highest BCUT2D eigenvalue weighted by molar-refractivity contribution is 7.99. The van der Waals surface area contributed by atoms with Gasteiger partial charge < -0.3 is 14.8 Å². The predicted molar refractivity (Wildman–Crippen MR) is 69.2 cm³/mol. The molecule has 5 heteroatoms. The highest BCUT2D eigenvalue weighted by Gasteiger charge is 2.05. The summed E-state index contributed by atoms with van der Waals surface area (Å²) in [4.78, 5) is 14.7. The van der Waals surface area contributed by atoms with E-state index < -0.39 is 5.97 Å². The van der Waals surface area contributed by atoms with Gasteiger partial charge in [-0.3, -0.25) is 4.79 Å². The molecule has 18 heavy (non-hydrogen) atoms. The minimum Gasteiger partial charge on any atom is -0.497 e. The standard InChI is InChI=1S/C13H13NO3S/c1-17-10-3-5-11(6-4-10)18-12-7-2-9(14-12)8-13(15)16/h2-7,14H,8H2,1H3,(H,15,16). The number of aromatic nitrogens is 1. The van der Waals surface area contributed by atoms with Gasteiger partial charge in [0.05, 0.1) is 18.6 Å². The van der Waals surface area contributed by atoms with E-state index >= 15 is 0 Å². The highest BCUT2D eigenvalue weighted by atomic mass is 32.2. The first-order chi connectivity index (χ1) is 8.67. The van der Waals surface area contributed by atoms with E-state index in [1.54, 1.807) is 24.9 Å². The Morgan fingerprint density at radius 2 is 2.00 bits per heavy atom. The lowest BCUT2D eigenvalue weighted by atomic mass is 10.3. The molecule has 0 unspecified atom stereocenters. The summed E-state index contributed by atoms with van der Waals surface area (Å²) in [6, 6.07) is 11.4. The van der Waals surface area contributed by atoms with Gasteiger partial charge in [0.15, 0.2) is 0 Å². The summed E-state index contributed by atoms with van der Waals surface area (Å²) in [7, 11) is 1.63. The van der Waals surface area contributed by atoms with Gasteiger partial charge in [0.1, 0.15) is 5.75 Å². The average molecular weight is 263 g/mol. The summed E-state index contributed by atoms with van der Waals surface area (Å²) in [5.74, 6) is -0.0183. The van der Waals surface area contributed by atoms with Gasteiger partial charge in [0, 0.05) is 10.6 Å². The number of methoxy groups -OCH3 is 1. The average Bonchev–Trinajstić information content (AvgIpc) is 2.76. The van der Waals surface area contributed by atoms with Crippen molar-refractivity contribution in [3.63, 3.8) is 0 Å². The zero-order valence-electron chi connectivity index (χ0n) is 9.84. The molecule has 0 saturated heterocycles. The van der Waals surface area contributed by atoms with E-state index in [0.717, 1.165) is 15.7 Å². The molecule has 0 fully saturated rings. The van der Waals surface area contributed by atoms with Gasteiger partial charge in [0.2, 0.25) is 0 Å². The second-order valence-corrected chi connectivity index (χ2v) is 4.81. The van der Waals surface area contributed by atoms with Crippen molar-refractivity contribution < 1.29 is 14.6 Å². The third kappa shape index (κ3) is 3.30. The summed E-state index contributed by atoms with van der Waals surface area (Å²) in [6.45, 7) is 0. The molecule has 0 saturated carbocycles. The largest absolute Gasteiger partial charge is 0.497 e. The van der Waals surface area contributed by atoms with Gasteiger partial charge >= 0.3 is 5.97 Å². The molecule has 2 rings (SSSR count). The summed E-state index contributed by atoms with van der Waals surface area (Å²) >= 11 is 1.55. The lowest BCUT2D eigenvalue weighted by Gasteiger charge is -2.01. The molecule has 0 bridgehead atoms. The van der Waals surface area contributed by atoms with Gasteiger partial charge in [-0.15, -0.1) is 0 Å². The number of benzene rings is 1. The molecular weight excluding hydrogens is 250 g/mol. The van der Waals surface area contributed by atoms with E-state index in [2.05, 4.69) is 4.98 Å². The van der Waals surface area contributed by atoms with Gasteiger partial charge in [-0.2, -0.15) is 0 Å². The van der Waals surface area contributed by atoms with Gasteiger partial charge in [-0.1, -0.05) is 11.8 Å². The zero-order chi connectivity index (χ0) is 13.0. The fraction of sp³-hybridized carbons (Fsp3) is 0.154. The molecule has 2 N–H and O–H groups in total. The Morgan fingerprint density at radius 3 is 2.61 bits per heavy atom. The number of H-pyrrole nitrogens is 1. The summed E-state index contributed by atoms with van der Waals surface area (Å²) in [6.07, 6.45) is 0.0170. The van der Waals surface area contributed by atoms with Crippen LogP contribution in [0.3, 0.4) is 0 Å². The summed E-state index contributed by atoms with van der Waals surface area (Å²) < 4.78 is 5.08. The van der Waals surface area contributed by atoms with Crippen LogP contribution >= 0.6 is 11.8 Å². The number of carboxylic acid groups (broad SMARTS) is 1. The SMILES string of the molecule is COc1ccc(Sc2ccc(CC(=O)O)[nH]2)cc1. The Labute approximate surface area is 109 Å². The molecule has 0 spiro atoms.